The van der Waals surface area contributed by atoms with Crippen molar-refractivity contribution in [3.05, 3.63) is 69.8 Å². The summed E-state index contributed by atoms with van der Waals surface area (Å²) >= 11 is 12.9. The zero-order chi connectivity index (χ0) is 29.4. The van der Waals surface area contributed by atoms with Crippen molar-refractivity contribution in [2.24, 2.45) is 17.8 Å². The second kappa shape index (κ2) is 10.2. The van der Waals surface area contributed by atoms with E-state index in [2.05, 4.69) is 32.2 Å². The van der Waals surface area contributed by atoms with Gasteiger partial charge in [-0.05, 0) is 48.8 Å². The maximum Gasteiger partial charge on any atom is 0.354 e. The first-order chi connectivity index (χ1) is 20.8. The van der Waals surface area contributed by atoms with Gasteiger partial charge in [0.05, 0.1) is 15.6 Å². The van der Waals surface area contributed by atoms with Crippen LogP contribution in [0.5, 0.6) is 5.75 Å². The predicted molar refractivity (Wildman–Crippen MR) is 161 cm³/mol. The highest BCUT2D eigenvalue weighted by Crippen LogP contribution is 2.54. The standard InChI is InChI=1S/C32H27Cl2FN4O4/c33-24-11-36-12-25(34)29(24)30-20(31(43-38-30)15-1-2-15)5-4-19-22-13-39(14-23(19)22)17-3-6-26-21(9-17)28(10-27(37-26)32(40)41)42-18-7-16(35)8-18/h3-6,9-12,15-16,18-19,22-23H,1-2,7-8,13-14H2,(H,40,41)/b5-4+/t16?,18?,22-,23-/m1/s1. The normalized spacial score (nSPS) is 26.1. The zero-order valence-electron chi connectivity index (χ0n) is 22.9. The Hall–Kier alpha value is -3.69. The van der Waals surface area contributed by atoms with Gasteiger partial charge in [-0.15, -0.1) is 0 Å². The number of hydrogen-bond acceptors (Lipinski definition) is 7. The van der Waals surface area contributed by atoms with Gasteiger partial charge in [-0.25, -0.2) is 14.2 Å². The van der Waals surface area contributed by atoms with Crippen LogP contribution in [0.3, 0.4) is 0 Å². The van der Waals surface area contributed by atoms with Gasteiger partial charge >= 0.3 is 5.97 Å². The van der Waals surface area contributed by atoms with Gasteiger partial charge in [0.2, 0.25) is 0 Å². The van der Waals surface area contributed by atoms with Crippen LogP contribution >= 0.6 is 23.2 Å². The summed E-state index contributed by atoms with van der Waals surface area (Å²) < 4.78 is 25.3. The van der Waals surface area contributed by atoms with Crippen LogP contribution in [-0.4, -0.2) is 51.6 Å². The Kier molecular flexibility index (Phi) is 6.38. The summed E-state index contributed by atoms with van der Waals surface area (Å²) in [5.74, 6) is 2.07. The molecule has 4 aromatic rings. The largest absolute Gasteiger partial charge is 0.489 e. The Morgan fingerprint density at radius 3 is 2.53 bits per heavy atom. The number of piperidine rings is 1. The van der Waals surface area contributed by atoms with E-state index in [1.807, 2.05) is 18.2 Å². The summed E-state index contributed by atoms with van der Waals surface area (Å²) in [7, 11) is 0. The quantitative estimate of drug-likeness (QED) is 0.217. The minimum absolute atomic E-state index is 0.0854. The lowest BCUT2D eigenvalue weighted by Crippen LogP contribution is -2.35. The summed E-state index contributed by atoms with van der Waals surface area (Å²) in [6.45, 7) is 1.81. The van der Waals surface area contributed by atoms with Gasteiger partial charge in [-0.3, -0.25) is 4.98 Å². The number of rotatable bonds is 8. The van der Waals surface area contributed by atoms with E-state index in [0.29, 0.717) is 69.1 Å². The number of anilines is 1. The molecule has 0 spiro atoms. The third kappa shape index (κ3) is 4.83. The predicted octanol–water partition coefficient (Wildman–Crippen LogP) is 7.44. The highest BCUT2D eigenvalue weighted by molar-refractivity contribution is 6.39. The minimum atomic E-state index is -1.12. The van der Waals surface area contributed by atoms with Crippen LogP contribution in [0.4, 0.5) is 10.1 Å². The monoisotopic (exact) mass is 620 g/mol. The number of alkyl halides is 1. The molecule has 1 saturated heterocycles. The van der Waals surface area contributed by atoms with E-state index < -0.39 is 12.1 Å². The first-order valence-electron chi connectivity index (χ1n) is 14.5. The van der Waals surface area contributed by atoms with Gasteiger partial charge in [0.1, 0.15) is 29.5 Å². The fourth-order valence-electron chi connectivity index (χ4n) is 6.57. The molecule has 43 heavy (non-hydrogen) atoms. The summed E-state index contributed by atoms with van der Waals surface area (Å²) in [6, 6.07) is 7.28. The van der Waals surface area contributed by atoms with E-state index in [9.17, 15) is 14.3 Å². The summed E-state index contributed by atoms with van der Waals surface area (Å²) in [6.07, 6.45) is 9.22. The maximum atomic E-state index is 13.4. The highest BCUT2D eigenvalue weighted by atomic mass is 35.5. The van der Waals surface area contributed by atoms with Crippen LogP contribution in [0.15, 0.2) is 47.3 Å². The molecule has 4 aliphatic rings. The fraction of sp³-hybridized carbons (Fsp3) is 0.375. The molecule has 0 bridgehead atoms. The molecule has 2 atom stereocenters. The first kappa shape index (κ1) is 26.9. The number of nitrogens with zero attached hydrogens (tertiary/aromatic N) is 4. The molecule has 3 aliphatic carbocycles. The van der Waals surface area contributed by atoms with Crippen LogP contribution < -0.4 is 9.64 Å². The number of halogens is 3. The molecule has 0 radical (unpaired) electrons. The first-order valence-corrected chi connectivity index (χ1v) is 15.3. The van der Waals surface area contributed by atoms with Crippen LogP contribution in [0.1, 0.15) is 53.4 Å². The summed E-state index contributed by atoms with van der Waals surface area (Å²) in [5, 5.41) is 15.5. The number of allylic oxidation sites excluding steroid dienone is 1. The van der Waals surface area contributed by atoms with Crippen molar-refractivity contribution in [2.45, 2.75) is 43.9 Å². The van der Waals surface area contributed by atoms with Crippen LogP contribution in [-0.2, 0) is 0 Å². The van der Waals surface area contributed by atoms with Crippen molar-refractivity contribution in [3.63, 3.8) is 0 Å². The smallest absolute Gasteiger partial charge is 0.354 e. The van der Waals surface area contributed by atoms with E-state index in [-0.39, 0.29) is 11.8 Å². The lowest BCUT2D eigenvalue weighted by Gasteiger charge is -2.30. The molecule has 11 heteroatoms. The molecule has 4 fully saturated rings. The molecule has 1 aliphatic heterocycles. The molecule has 220 valence electrons. The number of pyridine rings is 2. The Labute approximate surface area is 256 Å². The van der Waals surface area contributed by atoms with Gasteiger partial charge in [0.25, 0.3) is 0 Å². The third-order valence-electron chi connectivity index (χ3n) is 9.21. The van der Waals surface area contributed by atoms with Gasteiger partial charge in [0.15, 0.2) is 5.69 Å². The average molecular weight is 621 g/mol. The number of carboxylic acids is 1. The molecular formula is C32H27Cl2FN4O4. The number of aromatic carboxylic acids is 1. The van der Waals surface area contributed by atoms with Crippen molar-refractivity contribution in [2.75, 3.05) is 18.0 Å². The molecular weight excluding hydrogens is 594 g/mol. The Morgan fingerprint density at radius 2 is 1.86 bits per heavy atom. The molecule has 8 rings (SSSR count). The van der Waals surface area contributed by atoms with Gasteiger partial charge < -0.3 is 19.3 Å². The maximum absolute atomic E-state index is 13.4. The number of aromatic nitrogens is 3. The lowest BCUT2D eigenvalue weighted by molar-refractivity contribution is 0.0417. The summed E-state index contributed by atoms with van der Waals surface area (Å²) in [4.78, 5) is 22.4. The zero-order valence-corrected chi connectivity index (χ0v) is 24.4. The number of carboxylic acid groups (broad SMARTS) is 1. The van der Waals surface area contributed by atoms with E-state index in [1.165, 1.54) is 6.07 Å². The number of fused-ring (bicyclic) bond motifs is 2. The van der Waals surface area contributed by atoms with Crippen molar-refractivity contribution in [3.8, 4) is 17.0 Å². The molecule has 0 amide bonds. The Balaban J connectivity index is 1.02. The molecule has 8 nitrogen and oxygen atoms in total. The van der Waals surface area contributed by atoms with E-state index in [1.54, 1.807) is 12.4 Å². The average Bonchev–Trinajstić information content (AvgIpc) is 3.83. The van der Waals surface area contributed by atoms with Crippen molar-refractivity contribution < 1.29 is 23.6 Å². The Morgan fingerprint density at radius 1 is 1.12 bits per heavy atom. The van der Waals surface area contributed by atoms with Crippen LogP contribution in [0.25, 0.3) is 28.2 Å². The number of carbonyl (C=O) groups is 1. The van der Waals surface area contributed by atoms with E-state index >= 15 is 0 Å². The molecule has 3 aromatic heterocycles. The highest BCUT2D eigenvalue weighted by Gasteiger charge is 2.54. The van der Waals surface area contributed by atoms with E-state index in [4.69, 9.17) is 32.5 Å². The SMILES string of the molecule is O=C(O)c1cc(OC2CC(F)C2)c2cc(N3C[C@@H]4C(/C=C/c5c(-c6c(Cl)cncc6Cl)noc5C5CC5)[C@H]4C3)ccc2n1. The molecule has 0 unspecified atom stereocenters. The number of hydrogen-bond donors (Lipinski definition) is 1. The second-order valence-electron chi connectivity index (χ2n) is 12.1. The number of ether oxygens (including phenoxy) is 1. The second-order valence-corrected chi connectivity index (χ2v) is 12.9. The number of benzene rings is 1. The molecule has 4 heterocycles. The van der Waals surface area contributed by atoms with Crippen LogP contribution in [0, 0.1) is 17.8 Å². The lowest BCUT2D eigenvalue weighted by atomic mass is 9.93. The molecule has 1 aromatic carbocycles. The molecule has 1 N–H and O–H groups in total. The minimum Gasteiger partial charge on any atom is -0.489 e. The summed E-state index contributed by atoms with van der Waals surface area (Å²) in [5.41, 5.74) is 3.74. The van der Waals surface area contributed by atoms with Crippen LogP contribution in [0.2, 0.25) is 10.0 Å². The fourth-order valence-corrected chi connectivity index (χ4v) is 7.11. The van der Waals surface area contributed by atoms with Crippen molar-refractivity contribution in [1.82, 2.24) is 15.1 Å². The van der Waals surface area contributed by atoms with Gasteiger partial charge in [-0.1, -0.05) is 40.5 Å². The molecule has 3 saturated carbocycles. The Bertz CT molecular complexity index is 1770. The third-order valence-corrected chi connectivity index (χ3v) is 9.78. The van der Waals surface area contributed by atoms with Gasteiger partial charge in [-0.2, -0.15) is 0 Å². The van der Waals surface area contributed by atoms with Crippen molar-refractivity contribution in [1.29, 1.82) is 0 Å². The van der Waals surface area contributed by atoms with Gasteiger partial charge in [0, 0.05) is 72.5 Å². The van der Waals surface area contributed by atoms with E-state index in [0.717, 1.165) is 48.3 Å². The topological polar surface area (TPSA) is 102 Å². The van der Waals surface area contributed by atoms with Crippen molar-refractivity contribution >= 4 is 51.8 Å².